The SMILES string of the molecule is C[C@H](NCc1cccc(OCc2ccc(F)cc2Cl)c1)c1ccccc1. The van der Waals surface area contributed by atoms with E-state index in [0.717, 1.165) is 23.4 Å². The van der Waals surface area contributed by atoms with Crippen molar-refractivity contribution in [2.45, 2.75) is 26.1 Å². The number of ether oxygens (including phenoxy) is 1. The van der Waals surface area contributed by atoms with E-state index in [4.69, 9.17) is 16.3 Å². The fraction of sp³-hybridized carbons (Fsp3) is 0.182. The van der Waals surface area contributed by atoms with Crippen LogP contribution in [0.3, 0.4) is 0 Å². The molecule has 3 aromatic rings. The first-order valence-electron chi connectivity index (χ1n) is 8.56. The lowest BCUT2D eigenvalue weighted by Crippen LogP contribution is -2.17. The molecule has 3 rings (SSSR count). The molecule has 0 aliphatic heterocycles. The van der Waals surface area contributed by atoms with Gasteiger partial charge in [0, 0.05) is 18.2 Å². The summed E-state index contributed by atoms with van der Waals surface area (Å²) in [6, 6.07) is 22.9. The highest BCUT2D eigenvalue weighted by atomic mass is 35.5. The standard InChI is InChI=1S/C22H21ClFNO/c1-16(18-7-3-2-4-8-18)25-14-17-6-5-9-21(12-17)26-15-19-10-11-20(24)13-22(19)23/h2-13,16,25H,14-15H2,1H3/t16-/m0/s1. The number of nitrogens with one attached hydrogen (secondary N) is 1. The van der Waals surface area contributed by atoms with Crippen molar-refractivity contribution >= 4 is 11.6 Å². The van der Waals surface area contributed by atoms with Gasteiger partial charge in [0.05, 0.1) is 5.02 Å². The van der Waals surface area contributed by atoms with Crippen LogP contribution in [0.4, 0.5) is 4.39 Å². The number of hydrogen-bond donors (Lipinski definition) is 1. The predicted octanol–water partition coefficient (Wildman–Crippen LogP) is 5.91. The van der Waals surface area contributed by atoms with Crippen LogP contribution in [0, 0.1) is 5.82 Å². The summed E-state index contributed by atoms with van der Waals surface area (Å²) < 4.78 is 18.9. The summed E-state index contributed by atoms with van der Waals surface area (Å²) in [5, 5.41) is 3.89. The highest BCUT2D eigenvalue weighted by Gasteiger charge is 2.06. The quantitative estimate of drug-likeness (QED) is 0.559. The molecule has 0 aromatic heterocycles. The molecule has 0 radical (unpaired) electrons. The summed E-state index contributed by atoms with van der Waals surface area (Å²) in [5.41, 5.74) is 3.15. The average molecular weight is 370 g/mol. The first kappa shape index (κ1) is 18.4. The van der Waals surface area contributed by atoms with Gasteiger partial charge in [-0.05, 0) is 42.3 Å². The second kappa shape index (κ2) is 8.84. The minimum Gasteiger partial charge on any atom is -0.489 e. The van der Waals surface area contributed by atoms with Gasteiger partial charge in [0.15, 0.2) is 0 Å². The molecule has 3 aromatic carbocycles. The second-order valence-electron chi connectivity index (χ2n) is 6.19. The Hall–Kier alpha value is -2.36. The topological polar surface area (TPSA) is 21.3 Å². The Morgan fingerprint density at radius 1 is 1.00 bits per heavy atom. The van der Waals surface area contributed by atoms with Crippen LogP contribution in [0.2, 0.25) is 5.02 Å². The van der Waals surface area contributed by atoms with Crippen molar-refractivity contribution in [1.82, 2.24) is 5.32 Å². The molecule has 0 saturated heterocycles. The average Bonchev–Trinajstić information content (AvgIpc) is 2.66. The van der Waals surface area contributed by atoms with Gasteiger partial charge in [-0.3, -0.25) is 0 Å². The lowest BCUT2D eigenvalue weighted by atomic mass is 10.1. The molecule has 0 bridgehead atoms. The van der Waals surface area contributed by atoms with E-state index in [1.165, 1.54) is 17.7 Å². The molecule has 0 aliphatic rings. The Morgan fingerprint density at radius 2 is 1.81 bits per heavy atom. The van der Waals surface area contributed by atoms with Crippen LogP contribution in [0.25, 0.3) is 0 Å². The van der Waals surface area contributed by atoms with E-state index in [1.54, 1.807) is 6.07 Å². The van der Waals surface area contributed by atoms with Crippen LogP contribution in [0.5, 0.6) is 5.75 Å². The van der Waals surface area contributed by atoms with Crippen molar-refractivity contribution in [3.8, 4) is 5.75 Å². The lowest BCUT2D eigenvalue weighted by Gasteiger charge is -2.15. The Kier molecular flexibility index (Phi) is 6.26. The van der Waals surface area contributed by atoms with Crippen molar-refractivity contribution in [3.63, 3.8) is 0 Å². The number of benzene rings is 3. The first-order valence-corrected chi connectivity index (χ1v) is 8.93. The van der Waals surface area contributed by atoms with Gasteiger partial charge in [-0.15, -0.1) is 0 Å². The lowest BCUT2D eigenvalue weighted by molar-refractivity contribution is 0.305. The molecule has 0 spiro atoms. The largest absolute Gasteiger partial charge is 0.489 e. The maximum atomic E-state index is 13.1. The maximum absolute atomic E-state index is 13.1. The minimum atomic E-state index is -0.348. The molecule has 0 amide bonds. The first-order chi connectivity index (χ1) is 12.6. The van der Waals surface area contributed by atoms with Gasteiger partial charge < -0.3 is 10.1 Å². The van der Waals surface area contributed by atoms with Crippen molar-refractivity contribution < 1.29 is 9.13 Å². The highest BCUT2D eigenvalue weighted by molar-refractivity contribution is 6.31. The summed E-state index contributed by atoms with van der Waals surface area (Å²) in [4.78, 5) is 0. The van der Waals surface area contributed by atoms with E-state index in [0.29, 0.717) is 11.6 Å². The van der Waals surface area contributed by atoms with E-state index in [9.17, 15) is 4.39 Å². The molecule has 0 fully saturated rings. The van der Waals surface area contributed by atoms with E-state index in [2.05, 4.69) is 30.4 Å². The van der Waals surface area contributed by atoms with Gasteiger partial charge in [0.1, 0.15) is 18.2 Å². The third-order valence-corrected chi connectivity index (χ3v) is 4.57. The minimum absolute atomic E-state index is 0.263. The second-order valence-corrected chi connectivity index (χ2v) is 6.59. The molecule has 0 saturated carbocycles. The van der Waals surface area contributed by atoms with Crippen LogP contribution >= 0.6 is 11.6 Å². The highest BCUT2D eigenvalue weighted by Crippen LogP contribution is 2.21. The molecule has 26 heavy (non-hydrogen) atoms. The molecular formula is C22H21ClFNO. The summed E-state index contributed by atoms with van der Waals surface area (Å²) in [7, 11) is 0. The fourth-order valence-electron chi connectivity index (χ4n) is 2.68. The molecular weight excluding hydrogens is 349 g/mol. The third-order valence-electron chi connectivity index (χ3n) is 4.22. The van der Waals surface area contributed by atoms with Gasteiger partial charge in [-0.25, -0.2) is 4.39 Å². The van der Waals surface area contributed by atoms with Gasteiger partial charge >= 0.3 is 0 Å². The van der Waals surface area contributed by atoms with E-state index < -0.39 is 0 Å². The molecule has 134 valence electrons. The van der Waals surface area contributed by atoms with Crippen LogP contribution in [0.1, 0.15) is 29.7 Å². The van der Waals surface area contributed by atoms with Crippen LogP contribution in [0.15, 0.2) is 72.8 Å². The molecule has 0 unspecified atom stereocenters. The third kappa shape index (κ3) is 5.07. The van der Waals surface area contributed by atoms with Gasteiger partial charge in [0.25, 0.3) is 0 Å². The Labute approximate surface area is 158 Å². The summed E-state index contributed by atoms with van der Waals surface area (Å²) in [6.07, 6.45) is 0. The maximum Gasteiger partial charge on any atom is 0.124 e. The summed E-state index contributed by atoms with van der Waals surface area (Å²) in [6.45, 7) is 3.19. The van der Waals surface area contributed by atoms with E-state index in [-0.39, 0.29) is 11.9 Å². The zero-order chi connectivity index (χ0) is 18.4. The molecule has 1 atom stereocenters. The van der Waals surface area contributed by atoms with Crippen molar-refractivity contribution in [2.75, 3.05) is 0 Å². The smallest absolute Gasteiger partial charge is 0.124 e. The van der Waals surface area contributed by atoms with E-state index in [1.807, 2.05) is 36.4 Å². The summed E-state index contributed by atoms with van der Waals surface area (Å²) >= 11 is 6.04. The molecule has 2 nitrogen and oxygen atoms in total. The van der Waals surface area contributed by atoms with Crippen molar-refractivity contribution in [1.29, 1.82) is 0 Å². The predicted molar refractivity (Wildman–Crippen MR) is 104 cm³/mol. The molecule has 1 N–H and O–H groups in total. The number of rotatable bonds is 7. The molecule has 4 heteroatoms. The van der Waals surface area contributed by atoms with Gasteiger partial charge in [-0.1, -0.05) is 60.1 Å². The normalized spacial score (nSPS) is 12.0. The van der Waals surface area contributed by atoms with Crippen LogP contribution in [-0.4, -0.2) is 0 Å². The van der Waals surface area contributed by atoms with Crippen LogP contribution < -0.4 is 10.1 Å². The van der Waals surface area contributed by atoms with Gasteiger partial charge in [0.2, 0.25) is 0 Å². The van der Waals surface area contributed by atoms with Crippen LogP contribution in [-0.2, 0) is 13.2 Å². The fourth-order valence-corrected chi connectivity index (χ4v) is 2.90. The van der Waals surface area contributed by atoms with Crippen molar-refractivity contribution in [2.24, 2.45) is 0 Å². The Bertz CT molecular complexity index is 854. The zero-order valence-corrected chi connectivity index (χ0v) is 15.3. The monoisotopic (exact) mass is 369 g/mol. The Morgan fingerprint density at radius 3 is 2.58 bits per heavy atom. The number of halogens is 2. The zero-order valence-electron chi connectivity index (χ0n) is 14.6. The Balaban J connectivity index is 1.57. The van der Waals surface area contributed by atoms with Gasteiger partial charge in [-0.2, -0.15) is 0 Å². The number of hydrogen-bond acceptors (Lipinski definition) is 2. The molecule has 0 heterocycles. The summed E-state index contributed by atoms with van der Waals surface area (Å²) in [5.74, 6) is 0.413. The van der Waals surface area contributed by atoms with Crippen molar-refractivity contribution in [3.05, 3.63) is 100 Å². The molecule has 0 aliphatic carbocycles. The van der Waals surface area contributed by atoms with E-state index >= 15 is 0 Å².